The SMILES string of the molecule is ClC1=C[NH+](C2=NC(Cl)=C2Cl)C1Cl.[Cl-]. The number of alkyl halides is 1. The lowest BCUT2D eigenvalue weighted by Gasteiger charge is -2.29. The molecule has 0 amide bonds. The molecule has 2 aliphatic heterocycles. The van der Waals surface area contributed by atoms with E-state index in [0.29, 0.717) is 21.1 Å². The summed E-state index contributed by atoms with van der Waals surface area (Å²) in [6.45, 7) is 0. The summed E-state index contributed by atoms with van der Waals surface area (Å²) >= 11 is 22.8. The van der Waals surface area contributed by atoms with Crippen LogP contribution in [0, 0.1) is 0 Å². The molecular formula is C6H3Cl5N2. The third kappa shape index (κ3) is 1.72. The fourth-order valence-corrected chi connectivity index (χ4v) is 1.80. The molecule has 0 saturated heterocycles. The van der Waals surface area contributed by atoms with E-state index < -0.39 is 0 Å². The van der Waals surface area contributed by atoms with Crippen LogP contribution in [-0.2, 0) is 0 Å². The number of aliphatic imine (C=N–C) groups is 1. The highest BCUT2D eigenvalue weighted by Crippen LogP contribution is 2.26. The molecule has 7 heteroatoms. The summed E-state index contributed by atoms with van der Waals surface area (Å²) in [4.78, 5) is 4.76. The highest BCUT2D eigenvalue weighted by Gasteiger charge is 2.41. The van der Waals surface area contributed by atoms with Gasteiger partial charge in [-0.05, 0) is 0 Å². The van der Waals surface area contributed by atoms with Crippen LogP contribution in [0.2, 0.25) is 0 Å². The Kier molecular flexibility index (Phi) is 3.55. The molecule has 1 N–H and O–H groups in total. The third-order valence-corrected chi connectivity index (χ3v) is 3.32. The summed E-state index contributed by atoms with van der Waals surface area (Å²) in [6, 6.07) is 0. The van der Waals surface area contributed by atoms with Gasteiger partial charge in [-0.15, -0.1) is 0 Å². The Morgan fingerprint density at radius 3 is 2.23 bits per heavy atom. The lowest BCUT2D eigenvalue weighted by Crippen LogP contribution is -3.18. The molecule has 0 aromatic rings. The smallest absolute Gasteiger partial charge is 0.255 e. The van der Waals surface area contributed by atoms with Crippen molar-refractivity contribution in [2.24, 2.45) is 4.99 Å². The maximum Gasteiger partial charge on any atom is 0.255 e. The minimum absolute atomic E-state index is 0. The van der Waals surface area contributed by atoms with Crippen molar-refractivity contribution in [3.8, 4) is 0 Å². The molecule has 2 unspecified atom stereocenters. The van der Waals surface area contributed by atoms with Gasteiger partial charge in [0.05, 0.1) is 0 Å². The predicted octanol–water partition coefficient (Wildman–Crippen LogP) is -1.41. The highest BCUT2D eigenvalue weighted by atomic mass is 35.5. The number of nitrogens with zero attached hydrogens (tertiary/aromatic N) is 1. The number of nitrogens with one attached hydrogen (secondary N) is 1. The molecular weight excluding hydrogens is 277 g/mol. The summed E-state index contributed by atoms with van der Waals surface area (Å²) in [6.07, 6.45) is 1.74. The van der Waals surface area contributed by atoms with E-state index in [-0.39, 0.29) is 17.9 Å². The summed E-state index contributed by atoms with van der Waals surface area (Å²) in [5, 5.41) is 1.42. The number of rotatable bonds is 0. The molecule has 2 aliphatic rings. The summed E-state index contributed by atoms with van der Waals surface area (Å²) in [7, 11) is 0. The highest BCUT2D eigenvalue weighted by molar-refractivity contribution is 6.51. The van der Waals surface area contributed by atoms with Crippen molar-refractivity contribution in [3.63, 3.8) is 0 Å². The summed E-state index contributed by atoms with van der Waals surface area (Å²) < 4.78 is 0. The molecule has 0 aromatic heterocycles. The van der Waals surface area contributed by atoms with Gasteiger partial charge in [0.25, 0.3) is 5.84 Å². The van der Waals surface area contributed by atoms with Gasteiger partial charge in [-0.1, -0.05) is 46.4 Å². The van der Waals surface area contributed by atoms with Crippen molar-refractivity contribution in [3.05, 3.63) is 21.4 Å². The Balaban J connectivity index is 0.000000845. The first-order valence-corrected chi connectivity index (χ1v) is 4.71. The maximum atomic E-state index is 5.84. The second-order valence-corrected chi connectivity index (χ2v) is 4.02. The van der Waals surface area contributed by atoms with Crippen LogP contribution in [0.1, 0.15) is 0 Å². The van der Waals surface area contributed by atoms with Crippen molar-refractivity contribution in [1.29, 1.82) is 0 Å². The second-order valence-electron chi connectivity index (χ2n) is 2.41. The van der Waals surface area contributed by atoms with Crippen LogP contribution in [0.15, 0.2) is 26.4 Å². The monoisotopic (exact) mass is 278 g/mol. The number of hydrogen-bond acceptors (Lipinski definition) is 1. The van der Waals surface area contributed by atoms with Crippen molar-refractivity contribution < 1.29 is 17.3 Å². The zero-order chi connectivity index (χ0) is 8.88. The van der Waals surface area contributed by atoms with Gasteiger partial charge >= 0.3 is 0 Å². The summed E-state index contributed by atoms with van der Waals surface area (Å²) in [5.41, 5.74) is -0.274. The van der Waals surface area contributed by atoms with Crippen molar-refractivity contribution in [2.45, 2.75) is 5.50 Å². The zero-order valence-corrected chi connectivity index (χ0v) is 9.77. The van der Waals surface area contributed by atoms with E-state index in [1.807, 2.05) is 0 Å². The van der Waals surface area contributed by atoms with Crippen LogP contribution in [-0.4, -0.2) is 11.3 Å². The molecule has 2 heterocycles. The first-order chi connectivity index (χ1) is 5.61. The molecule has 0 bridgehead atoms. The molecule has 0 spiro atoms. The van der Waals surface area contributed by atoms with Crippen LogP contribution >= 0.6 is 46.4 Å². The molecule has 72 valence electrons. The van der Waals surface area contributed by atoms with E-state index in [2.05, 4.69) is 4.99 Å². The Morgan fingerprint density at radius 1 is 1.31 bits per heavy atom. The lowest BCUT2D eigenvalue weighted by molar-refractivity contribution is -0.775. The largest absolute Gasteiger partial charge is 1.00 e. The molecule has 2 nitrogen and oxygen atoms in total. The topological polar surface area (TPSA) is 16.8 Å². The van der Waals surface area contributed by atoms with E-state index in [1.165, 1.54) is 0 Å². The molecule has 0 saturated carbocycles. The predicted molar refractivity (Wildman–Crippen MR) is 50.7 cm³/mol. The lowest BCUT2D eigenvalue weighted by atomic mass is 10.3. The normalized spacial score (nSPS) is 31.1. The van der Waals surface area contributed by atoms with Gasteiger partial charge in [0.1, 0.15) is 11.2 Å². The Morgan fingerprint density at radius 2 is 1.92 bits per heavy atom. The second kappa shape index (κ2) is 3.97. The average Bonchev–Trinajstić information content (AvgIpc) is 2.09. The van der Waals surface area contributed by atoms with Gasteiger partial charge in [-0.25, -0.2) is 4.90 Å². The molecule has 2 atom stereocenters. The van der Waals surface area contributed by atoms with Gasteiger partial charge in [0.2, 0.25) is 5.50 Å². The van der Waals surface area contributed by atoms with Crippen LogP contribution in [0.5, 0.6) is 0 Å². The standard InChI is InChI=1S/C6H2Cl4N2.ClH/c7-2-1-12(5(2)10)6-3(8)4(9)11-6;/h1,5H;1H. The summed E-state index contributed by atoms with van der Waals surface area (Å²) in [5.74, 6) is 0.658. The van der Waals surface area contributed by atoms with Crippen molar-refractivity contribution in [2.75, 3.05) is 0 Å². The fourth-order valence-electron chi connectivity index (χ4n) is 0.968. The van der Waals surface area contributed by atoms with Crippen molar-refractivity contribution >= 4 is 52.2 Å². The Bertz CT molecular complexity index is 332. The fraction of sp³-hybridized carbons (Fsp3) is 0.167. The number of quaternary nitrogens is 1. The number of amidine groups is 1. The van der Waals surface area contributed by atoms with Gasteiger partial charge in [-0.3, -0.25) is 0 Å². The van der Waals surface area contributed by atoms with Crippen molar-refractivity contribution in [1.82, 2.24) is 0 Å². The molecule has 0 radical (unpaired) electrons. The van der Waals surface area contributed by atoms with E-state index in [4.69, 9.17) is 46.4 Å². The quantitative estimate of drug-likeness (QED) is 0.415. The Hall–Kier alpha value is 0.560. The van der Waals surface area contributed by atoms with Gasteiger partial charge in [0, 0.05) is 0 Å². The van der Waals surface area contributed by atoms with Gasteiger partial charge in [-0.2, -0.15) is 4.99 Å². The Labute approximate surface area is 101 Å². The maximum absolute atomic E-state index is 5.84. The molecule has 13 heavy (non-hydrogen) atoms. The average molecular weight is 280 g/mol. The third-order valence-electron chi connectivity index (χ3n) is 1.68. The molecule has 2 rings (SSSR count). The van der Waals surface area contributed by atoms with E-state index in [0.717, 1.165) is 4.90 Å². The first kappa shape index (κ1) is 11.6. The number of hydrogen-bond donors (Lipinski definition) is 1. The van der Waals surface area contributed by atoms with Crippen LogP contribution in [0.3, 0.4) is 0 Å². The minimum atomic E-state index is -0.274. The van der Waals surface area contributed by atoms with Crippen LogP contribution < -0.4 is 17.3 Å². The van der Waals surface area contributed by atoms with Gasteiger partial charge in [0.15, 0.2) is 10.2 Å². The van der Waals surface area contributed by atoms with E-state index >= 15 is 0 Å². The molecule has 0 aliphatic carbocycles. The minimum Gasteiger partial charge on any atom is -1.00 e. The zero-order valence-electron chi connectivity index (χ0n) is 5.99. The molecule has 0 aromatic carbocycles. The number of halogens is 5. The van der Waals surface area contributed by atoms with E-state index in [1.54, 1.807) is 6.20 Å². The molecule has 0 fully saturated rings. The van der Waals surface area contributed by atoms with E-state index in [9.17, 15) is 0 Å². The van der Waals surface area contributed by atoms with Crippen LogP contribution in [0.4, 0.5) is 0 Å². The van der Waals surface area contributed by atoms with Gasteiger partial charge < -0.3 is 12.4 Å². The first-order valence-electron chi connectivity index (χ1n) is 3.14. The van der Waals surface area contributed by atoms with Crippen LogP contribution in [0.25, 0.3) is 0 Å².